The van der Waals surface area contributed by atoms with Crippen molar-refractivity contribution in [3.8, 4) is 0 Å². The van der Waals surface area contributed by atoms with Gasteiger partial charge in [0, 0.05) is 18.6 Å². The number of rotatable bonds is 3. The molecule has 3 unspecified atom stereocenters. The highest BCUT2D eigenvalue weighted by Crippen LogP contribution is 2.20. The summed E-state index contributed by atoms with van der Waals surface area (Å²) in [5.41, 5.74) is 0. The number of hydrogen-bond acceptors (Lipinski definition) is 3. The summed E-state index contributed by atoms with van der Waals surface area (Å²) in [7, 11) is 2.22. The molecule has 2 N–H and O–H groups in total. The first-order valence-electron chi connectivity index (χ1n) is 6.39. The van der Waals surface area contributed by atoms with Crippen LogP contribution in [0.5, 0.6) is 0 Å². The summed E-state index contributed by atoms with van der Waals surface area (Å²) in [6.45, 7) is 2.29. The molecule has 1 aliphatic carbocycles. The van der Waals surface area contributed by atoms with Crippen LogP contribution in [-0.4, -0.2) is 48.3 Å². The largest absolute Gasteiger partial charge is 0.392 e. The Morgan fingerprint density at radius 1 is 1.20 bits per heavy atom. The van der Waals surface area contributed by atoms with E-state index >= 15 is 0 Å². The van der Waals surface area contributed by atoms with E-state index in [9.17, 15) is 5.11 Å². The van der Waals surface area contributed by atoms with Gasteiger partial charge in [-0.2, -0.15) is 0 Å². The second-order valence-electron chi connectivity index (χ2n) is 5.14. The maximum Gasteiger partial charge on any atom is 0.0693 e. The molecule has 0 aromatic rings. The molecule has 0 aromatic heterocycles. The molecule has 1 aliphatic heterocycles. The van der Waals surface area contributed by atoms with Crippen molar-refractivity contribution in [3.63, 3.8) is 0 Å². The topological polar surface area (TPSA) is 35.5 Å². The average molecular weight is 212 g/mol. The van der Waals surface area contributed by atoms with Crippen molar-refractivity contribution in [1.29, 1.82) is 0 Å². The Hall–Kier alpha value is -0.120. The molecule has 0 radical (unpaired) electrons. The third-order valence-corrected chi connectivity index (χ3v) is 4.02. The molecule has 3 nitrogen and oxygen atoms in total. The van der Waals surface area contributed by atoms with Gasteiger partial charge in [-0.05, 0) is 45.7 Å². The van der Waals surface area contributed by atoms with Crippen LogP contribution in [0.15, 0.2) is 0 Å². The number of piperidine rings is 1. The van der Waals surface area contributed by atoms with Gasteiger partial charge in [-0.15, -0.1) is 0 Å². The molecule has 0 spiro atoms. The number of aliphatic hydroxyl groups is 1. The lowest BCUT2D eigenvalue weighted by molar-refractivity contribution is 0.132. The third-order valence-electron chi connectivity index (χ3n) is 4.02. The van der Waals surface area contributed by atoms with Gasteiger partial charge in [0.2, 0.25) is 0 Å². The lowest BCUT2D eigenvalue weighted by atomic mass is 10.0. The molecular formula is C12H24N2O. The number of hydrogen-bond donors (Lipinski definition) is 2. The van der Waals surface area contributed by atoms with Gasteiger partial charge in [-0.25, -0.2) is 0 Å². The first kappa shape index (κ1) is 11.4. The predicted octanol–water partition coefficient (Wildman–Crippen LogP) is 0.974. The summed E-state index contributed by atoms with van der Waals surface area (Å²) < 4.78 is 0. The summed E-state index contributed by atoms with van der Waals surface area (Å²) >= 11 is 0. The van der Waals surface area contributed by atoms with Crippen LogP contribution < -0.4 is 5.32 Å². The van der Waals surface area contributed by atoms with E-state index < -0.39 is 0 Å². The van der Waals surface area contributed by atoms with Gasteiger partial charge in [0.15, 0.2) is 0 Å². The Balaban J connectivity index is 1.72. The summed E-state index contributed by atoms with van der Waals surface area (Å²) in [6.07, 6.45) is 7.24. The number of likely N-dealkylation sites (tertiary alicyclic amines) is 1. The van der Waals surface area contributed by atoms with Gasteiger partial charge >= 0.3 is 0 Å². The molecule has 1 heterocycles. The molecule has 0 aromatic carbocycles. The zero-order valence-corrected chi connectivity index (χ0v) is 9.78. The average Bonchev–Trinajstić information content (AvgIpc) is 2.63. The van der Waals surface area contributed by atoms with Crippen LogP contribution in [0.3, 0.4) is 0 Å². The van der Waals surface area contributed by atoms with Gasteiger partial charge in [0.1, 0.15) is 0 Å². The number of likely N-dealkylation sites (N-methyl/N-ethyl adjacent to an activating group) is 1. The quantitative estimate of drug-likeness (QED) is 0.732. The lowest BCUT2D eigenvalue weighted by Crippen LogP contribution is -2.47. The highest BCUT2D eigenvalue weighted by atomic mass is 16.3. The van der Waals surface area contributed by atoms with Gasteiger partial charge in [-0.1, -0.05) is 6.42 Å². The maximum atomic E-state index is 9.71. The number of aliphatic hydroxyl groups excluding tert-OH is 1. The van der Waals surface area contributed by atoms with Crippen molar-refractivity contribution in [2.75, 3.05) is 20.1 Å². The van der Waals surface area contributed by atoms with E-state index in [0.717, 1.165) is 19.4 Å². The van der Waals surface area contributed by atoms with E-state index in [1.54, 1.807) is 0 Å². The van der Waals surface area contributed by atoms with Crippen LogP contribution >= 0.6 is 0 Å². The first-order chi connectivity index (χ1) is 7.27. The molecule has 88 valence electrons. The van der Waals surface area contributed by atoms with E-state index in [4.69, 9.17) is 0 Å². The van der Waals surface area contributed by atoms with Crippen LogP contribution in [-0.2, 0) is 0 Å². The Kier molecular flexibility index (Phi) is 4.00. The highest BCUT2D eigenvalue weighted by molar-refractivity contribution is 4.85. The summed E-state index contributed by atoms with van der Waals surface area (Å²) in [5, 5.41) is 13.2. The van der Waals surface area contributed by atoms with E-state index in [-0.39, 0.29) is 6.10 Å². The van der Waals surface area contributed by atoms with Gasteiger partial charge in [0.25, 0.3) is 0 Å². The zero-order valence-electron chi connectivity index (χ0n) is 9.78. The minimum atomic E-state index is -0.0982. The SMILES string of the molecule is CN1CCCCC1CNC1CCCC1O. The fourth-order valence-corrected chi connectivity index (χ4v) is 2.87. The molecule has 3 heteroatoms. The second kappa shape index (κ2) is 5.28. The van der Waals surface area contributed by atoms with E-state index in [2.05, 4.69) is 17.3 Å². The molecular weight excluding hydrogens is 188 g/mol. The maximum absolute atomic E-state index is 9.71. The molecule has 1 saturated heterocycles. The third kappa shape index (κ3) is 2.92. The lowest BCUT2D eigenvalue weighted by Gasteiger charge is -2.33. The summed E-state index contributed by atoms with van der Waals surface area (Å²) in [4.78, 5) is 2.46. The molecule has 15 heavy (non-hydrogen) atoms. The van der Waals surface area contributed by atoms with Crippen molar-refractivity contribution < 1.29 is 5.11 Å². The molecule has 0 bridgehead atoms. The van der Waals surface area contributed by atoms with Crippen molar-refractivity contribution in [2.45, 2.75) is 56.7 Å². The Bertz CT molecular complexity index is 198. The van der Waals surface area contributed by atoms with Crippen LogP contribution in [0.4, 0.5) is 0 Å². The van der Waals surface area contributed by atoms with Crippen molar-refractivity contribution in [3.05, 3.63) is 0 Å². The fourth-order valence-electron chi connectivity index (χ4n) is 2.87. The van der Waals surface area contributed by atoms with Crippen LogP contribution in [0, 0.1) is 0 Å². The van der Waals surface area contributed by atoms with E-state index in [0.29, 0.717) is 12.1 Å². The van der Waals surface area contributed by atoms with Crippen molar-refractivity contribution >= 4 is 0 Å². The minimum Gasteiger partial charge on any atom is -0.392 e. The molecule has 0 amide bonds. The Morgan fingerprint density at radius 3 is 2.73 bits per heavy atom. The molecule has 1 saturated carbocycles. The second-order valence-corrected chi connectivity index (χ2v) is 5.14. The van der Waals surface area contributed by atoms with Crippen LogP contribution in [0.25, 0.3) is 0 Å². The monoisotopic (exact) mass is 212 g/mol. The van der Waals surface area contributed by atoms with Crippen molar-refractivity contribution in [2.24, 2.45) is 0 Å². The molecule has 2 fully saturated rings. The Morgan fingerprint density at radius 2 is 2.07 bits per heavy atom. The van der Waals surface area contributed by atoms with Gasteiger partial charge in [-0.3, -0.25) is 0 Å². The van der Waals surface area contributed by atoms with Crippen molar-refractivity contribution in [1.82, 2.24) is 10.2 Å². The highest BCUT2D eigenvalue weighted by Gasteiger charge is 2.26. The van der Waals surface area contributed by atoms with Gasteiger partial charge in [0.05, 0.1) is 6.10 Å². The Labute approximate surface area is 92.8 Å². The van der Waals surface area contributed by atoms with E-state index in [1.165, 1.54) is 32.2 Å². The normalized spacial score (nSPS) is 38.4. The summed E-state index contributed by atoms with van der Waals surface area (Å²) in [6, 6.07) is 1.05. The molecule has 2 aliphatic rings. The molecule has 2 rings (SSSR count). The predicted molar refractivity (Wildman–Crippen MR) is 61.9 cm³/mol. The zero-order chi connectivity index (χ0) is 10.7. The standard InChI is InChI=1S/C12H24N2O/c1-14-8-3-2-5-10(14)9-13-11-6-4-7-12(11)15/h10-13,15H,2-9H2,1H3. The van der Waals surface area contributed by atoms with Crippen LogP contribution in [0.2, 0.25) is 0 Å². The molecule has 3 atom stereocenters. The first-order valence-corrected chi connectivity index (χ1v) is 6.39. The van der Waals surface area contributed by atoms with Crippen LogP contribution in [0.1, 0.15) is 38.5 Å². The number of nitrogens with one attached hydrogen (secondary N) is 1. The van der Waals surface area contributed by atoms with E-state index in [1.807, 2.05) is 0 Å². The smallest absolute Gasteiger partial charge is 0.0693 e. The van der Waals surface area contributed by atoms with Gasteiger partial charge < -0.3 is 15.3 Å². The number of nitrogens with zero attached hydrogens (tertiary/aromatic N) is 1. The fraction of sp³-hybridized carbons (Fsp3) is 1.00. The minimum absolute atomic E-state index is 0.0982. The summed E-state index contributed by atoms with van der Waals surface area (Å²) in [5.74, 6) is 0.